The fraction of sp³-hybridized carbons (Fsp3) is 0.625. The number of alkyl halides is 1. The zero-order valence-corrected chi connectivity index (χ0v) is 9.41. The summed E-state index contributed by atoms with van der Waals surface area (Å²) in [6.45, 7) is 2.12. The lowest BCUT2D eigenvalue weighted by molar-refractivity contribution is 0.395. The first-order chi connectivity index (χ1) is 5.21. The van der Waals surface area contributed by atoms with E-state index in [9.17, 15) is 0 Å². The summed E-state index contributed by atoms with van der Waals surface area (Å²) >= 11 is 4.41. The molecule has 0 saturated heterocycles. The molecule has 1 aliphatic rings. The van der Waals surface area contributed by atoms with Gasteiger partial charge in [0.15, 0.2) is 0 Å². The van der Waals surface area contributed by atoms with Gasteiger partial charge in [0, 0.05) is 11.1 Å². The maximum Gasteiger partial charge on any atom is 0.109 e. The van der Waals surface area contributed by atoms with Crippen LogP contribution in [0.25, 0.3) is 0 Å². The van der Waals surface area contributed by atoms with Crippen LogP contribution in [0.2, 0.25) is 0 Å². The summed E-state index contributed by atoms with van der Waals surface area (Å²) in [6, 6.07) is 0. The number of aryl methyl sites for hydroxylation is 1. The number of aromatic nitrogens is 1. The molecule has 1 aromatic heterocycles. The van der Waals surface area contributed by atoms with Crippen molar-refractivity contribution in [1.82, 2.24) is 4.98 Å². The van der Waals surface area contributed by atoms with Gasteiger partial charge in [-0.25, -0.2) is 4.98 Å². The zero-order valence-electron chi connectivity index (χ0n) is 6.43. The lowest BCUT2D eigenvalue weighted by Gasteiger charge is -2.34. The Bertz CT molecular complexity index is 265. The minimum atomic E-state index is 0.413. The van der Waals surface area contributed by atoms with Crippen LogP contribution in [-0.2, 0) is 3.42 Å². The highest BCUT2D eigenvalue weighted by atomic mass is 127. The largest absolute Gasteiger partial charge is 0.248 e. The molecule has 0 atom stereocenters. The number of nitrogens with zero attached hydrogens (tertiary/aromatic N) is 1. The molecule has 0 unspecified atom stereocenters. The summed E-state index contributed by atoms with van der Waals surface area (Å²) in [5.41, 5.74) is 0. The van der Waals surface area contributed by atoms with Crippen LogP contribution in [0.1, 0.15) is 29.1 Å². The Labute approximate surface area is 84.4 Å². The van der Waals surface area contributed by atoms with Crippen LogP contribution < -0.4 is 0 Å². The Balaban J connectivity index is 2.28. The first-order valence-corrected chi connectivity index (χ1v) is 5.72. The van der Waals surface area contributed by atoms with Crippen molar-refractivity contribution in [1.29, 1.82) is 0 Å². The van der Waals surface area contributed by atoms with Gasteiger partial charge in [-0.1, -0.05) is 22.6 Å². The van der Waals surface area contributed by atoms with Crippen molar-refractivity contribution >= 4 is 33.9 Å². The molecule has 1 aromatic rings. The molecule has 0 N–H and O–H groups in total. The fourth-order valence-corrected chi connectivity index (χ4v) is 3.40. The van der Waals surface area contributed by atoms with Gasteiger partial charge in [-0.2, -0.15) is 0 Å². The minimum absolute atomic E-state index is 0.413. The molecule has 1 fully saturated rings. The third kappa shape index (κ3) is 1.33. The third-order valence-corrected chi connectivity index (χ3v) is 5.22. The maximum absolute atomic E-state index is 4.42. The number of thiazole rings is 1. The van der Waals surface area contributed by atoms with E-state index in [0.29, 0.717) is 3.42 Å². The average molecular weight is 279 g/mol. The maximum atomic E-state index is 4.42. The molecule has 1 nitrogen and oxygen atoms in total. The Morgan fingerprint density at radius 2 is 2.36 bits per heavy atom. The van der Waals surface area contributed by atoms with E-state index in [1.54, 1.807) is 0 Å². The van der Waals surface area contributed by atoms with Crippen LogP contribution in [-0.4, -0.2) is 4.98 Å². The molecule has 0 aliphatic heterocycles. The van der Waals surface area contributed by atoms with E-state index in [1.165, 1.54) is 29.1 Å². The quantitative estimate of drug-likeness (QED) is 0.568. The van der Waals surface area contributed by atoms with Gasteiger partial charge in [0.05, 0.1) is 3.42 Å². The van der Waals surface area contributed by atoms with Crippen molar-refractivity contribution in [2.75, 3.05) is 0 Å². The van der Waals surface area contributed by atoms with Crippen molar-refractivity contribution in [2.24, 2.45) is 0 Å². The standard InChI is InChI=1S/C8H10INS/c1-6-5-10-7(11-6)8(9)3-2-4-8/h5H,2-4H2,1H3. The third-order valence-electron chi connectivity index (χ3n) is 2.15. The molecule has 1 aliphatic carbocycles. The van der Waals surface area contributed by atoms with E-state index in [1.807, 2.05) is 17.5 Å². The molecule has 11 heavy (non-hydrogen) atoms. The van der Waals surface area contributed by atoms with Crippen LogP contribution in [0.3, 0.4) is 0 Å². The van der Waals surface area contributed by atoms with Crippen LogP contribution in [0.5, 0.6) is 0 Å². The van der Waals surface area contributed by atoms with Crippen molar-refractivity contribution in [3.05, 3.63) is 16.1 Å². The smallest absolute Gasteiger partial charge is 0.109 e. The fourth-order valence-electron chi connectivity index (χ4n) is 1.26. The predicted molar refractivity (Wildman–Crippen MR) is 56.4 cm³/mol. The Kier molecular flexibility index (Phi) is 1.95. The van der Waals surface area contributed by atoms with Crippen molar-refractivity contribution in [3.8, 4) is 0 Å². The molecular formula is C8H10INS. The van der Waals surface area contributed by atoms with Crippen molar-refractivity contribution < 1.29 is 0 Å². The zero-order chi connectivity index (χ0) is 7.90. The van der Waals surface area contributed by atoms with Gasteiger partial charge >= 0.3 is 0 Å². The van der Waals surface area contributed by atoms with Gasteiger partial charge in [0.25, 0.3) is 0 Å². The van der Waals surface area contributed by atoms with Gasteiger partial charge in [-0.15, -0.1) is 11.3 Å². The number of hydrogen-bond acceptors (Lipinski definition) is 2. The molecule has 2 rings (SSSR count). The van der Waals surface area contributed by atoms with Gasteiger partial charge in [0.2, 0.25) is 0 Å². The molecule has 0 amide bonds. The number of halogens is 1. The summed E-state index contributed by atoms with van der Waals surface area (Å²) in [7, 11) is 0. The molecule has 0 radical (unpaired) electrons. The van der Waals surface area contributed by atoms with Crippen LogP contribution in [0.15, 0.2) is 6.20 Å². The second kappa shape index (κ2) is 2.69. The van der Waals surface area contributed by atoms with Gasteiger partial charge in [0.1, 0.15) is 5.01 Å². The van der Waals surface area contributed by atoms with Crippen LogP contribution in [0, 0.1) is 6.92 Å². The monoisotopic (exact) mass is 279 g/mol. The molecule has 0 aromatic carbocycles. The molecular weight excluding hydrogens is 269 g/mol. The van der Waals surface area contributed by atoms with Gasteiger partial charge in [-0.05, 0) is 26.2 Å². The summed E-state index contributed by atoms with van der Waals surface area (Å²) in [5.74, 6) is 0. The molecule has 0 spiro atoms. The average Bonchev–Trinajstić information content (AvgIpc) is 2.31. The van der Waals surface area contributed by atoms with E-state index >= 15 is 0 Å². The van der Waals surface area contributed by atoms with Crippen molar-refractivity contribution in [3.63, 3.8) is 0 Å². The molecule has 1 heterocycles. The number of hydrogen-bond donors (Lipinski definition) is 0. The summed E-state index contributed by atoms with van der Waals surface area (Å²) in [5, 5.41) is 1.34. The van der Waals surface area contributed by atoms with E-state index in [4.69, 9.17) is 0 Å². The lowest BCUT2D eigenvalue weighted by atomic mass is 9.86. The Morgan fingerprint density at radius 1 is 1.64 bits per heavy atom. The van der Waals surface area contributed by atoms with Gasteiger partial charge < -0.3 is 0 Å². The molecule has 3 heteroatoms. The minimum Gasteiger partial charge on any atom is -0.248 e. The summed E-state index contributed by atoms with van der Waals surface area (Å²) in [6.07, 6.45) is 6.00. The topological polar surface area (TPSA) is 12.9 Å². The highest BCUT2D eigenvalue weighted by molar-refractivity contribution is 14.1. The van der Waals surface area contributed by atoms with E-state index in [0.717, 1.165) is 0 Å². The molecule has 60 valence electrons. The Hall–Kier alpha value is 0.360. The van der Waals surface area contributed by atoms with E-state index in [-0.39, 0.29) is 0 Å². The highest BCUT2D eigenvalue weighted by Gasteiger charge is 2.38. The number of rotatable bonds is 1. The van der Waals surface area contributed by atoms with Crippen LogP contribution in [0.4, 0.5) is 0 Å². The summed E-state index contributed by atoms with van der Waals surface area (Å²) in [4.78, 5) is 5.76. The second-order valence-corrected chi connectivity index (χ2v) is 6.39. The molecule has 1 saturated carbocycles. The van der Waals surface area contributed by atoms with E-state index < -0.39 is 0 Å². The first kappa shape index (κ1) is 7.98. The van der Waals surface area contributed by atoms with Crippen LogP contribution >= 0.6 is 33.9 Å². The van der Waals surface area contributed by atoms with Gasteiger partial charge in [-0.3, -0.25) is 0 Å². The summed E-state index contributed by atoms with van der Waals surface area (Å²) < 4.78 is 0.413. The normalized spacial score (nSPS) is 21.3. The lowest BCUT2D eigenvalue weighted by Crippen LogP contribution is -2.26. The van der Waals surface area contributed by atoms with Crippen molar-refractivity contribution in [2.45, 2.75) is 29.6 Å². The SMILES string of the molecule is Cc1cnc(C2(I)CCC2)s1. The van der Waals surface area contributed by atoms with E-state index in [2.05, 4.69) is 34.5 Å². The second-order valence-electron chi connectivity index (χ2n) is 3.09. The molecule has 0 bridgehead atoms. The predicted octanol–water partition coefficient (Wildman–Crippen LogP) is 3.27. The first-order valence-electron chi connectivity index (χ1n) is 3.82. The highest BCUT2D eigenvalue weighted by Crippen LogP contribution is 2.50. The Morgan fingerprint density at radius 3 is 2.73 bits per heavy atom.